The minimum Gasteiger partial charge on any atom is -0.441 e. The van der Waals surface area contributed by atoms with E-state index in [0.717, 1.165) is 0 Å². The minimum atomic E-state index is -3.93. The zero-order valence-electron chi connectivity index (χ0n) is 14.0. The number of nitrogens with zero attached hydrogens (tertiary/aromatic N) is 1. The largest absolute Gasteiger partial charge is 0.441 e. The van der Waals surface area contributed by atoms with Crippen molar-refractivity contribution in [3.63, 3.8) is 0 Å². The lowest BCUT2D eigenvalue weighted by atomic mass is 10.1. The maximum absolute atomic E-state index is 12.6. The fourth-order valence-electron chi connectivity index (χ4n) is 3.05. The van der Waals surface area contributed by atoms with Gasteiger partial charge in [-0.05, 0) is 19.1 Å². The second-order valence-electron chi connectivity index (χ2n) is 5.91. The molecule has 0 spiro atoms. The van der Waals surface area contributed by atoms with Crippen molar-refractivity contribution in [2.24, 2.45) is 0 Å². The van der Waals surface area contributed by atoms with Crippen molar-refractivity contribution in [2.45, 2.75) is 36.2 Å². The number of benzene rings is 1. The molecule has 2 aliphatic rings. The molecule has 1 aromatic carbocycles. The Morgan fingerprint density at radius 3 is 2.77 bits per heavy atom. The number of sulfonamides is 1. The third-order valence-corrected chi connectivity index (χ3v) is 5.74. The summed E-state index contributed by atoms with van der Waals surface area (Å²) >= 11 is 0. The molecule has 2 aliphatic heterocycles. The number of carbonyl (C=O) groups is 1. The molecule has 4 unspecified atom stereocenters. The molecule has 10 heteroatoms. The van der Waals surface area contributed by atoms with Crippen LogP contribution in [0.4, 0.5) is 4.79 Å². The molecule has 2 N–H and O–H groups in total. The van der Waals surface area contributed by atoms with Gasteiger partial charge in [-0.2, -0.15) is 5.26 Å². The Morgan fingerprint density at radius 1 is 1.31 bits per heavy atom. The zero-order chi connectivity index (χ0) is 18.7. The van der Waals surface area contributed by atoms with Crippen molar-refractivity contribution in [1.82, 2.24) is 10.0 Å². The van der Waals surface area contributed by atoms with Crippen LogP contribution in [0.25, 0.3) is 0 Å². The van der Waals surface area contributed by atoms with Gasteiger partial charge in [0.25, 0.3) is 0 Å². The molecule has 1 aromatic rings. The van der Waals surface area contributed by atoms with Crippen molar-refractivity contribution in [3.05, 3.63) is 29.8 Å². The molecule has 2 saturated heterocycles. The van der Waals surface area contributed by atoms with Crippen molar-refractivity contribution in [1.29, 1.82) is 5.26 Å². The third kappa shape index (κ3) is 3.66. The van der Waals surface area contributed by atoms with E-state index in [1.54, 1.807) is 19.1 Å². The van der Waals surface area contributed by atoms with Crippen LogP contribution in [-0.2, 0) is 24.2 Å². The fraction of sp³-hybridized carbons (Fsp3) is 0.500. The van der Waals surface area contributed by atoms with E-state index in [1.165, 1.54) is 12.1 Å². The number of rotatable bonds is 5. The Hall–Kier alpha value is -2.19. The van der Waals surface area contributed by atoms with Gasteiger partial charge in [0, 0.05) is 6.54 Å². The van der Waals surface area contributed by atoms with Gasteiger partial charge in [0.05, 0.1) is 29.7 Å². The number of amides is 1. The first-order valence-corrected chi connectivity index (χ1v) is 9.63. The molecule has 1 amide bonds. The maximum atomic E-state index is 12.6. The van der Waals surface area contributed by atoms with Gasteiger partial charge in [-0.1, -0.05) is 12.1 Å². The molecule has 9 nitrogen and oxygen atoms in total. The summed E-state index contributed by atoms with van der Waals surface area (Å²) in [4.78, 5) is 11.5. The van der Waals surface area contributed by atoms with Crippen molar-refractivity contribution in [2.75, 3.05) is 19.8 Å². The van der Waals surface area contributed by atoms with E-state index in [-0.39, 0.29) is 23.7 Å². The molecule has 0 saturated carbocycles. The highest BCUT2D eigenvalue weighted by Crippen LogP contribution is 2.30. The van der Waals surface area contributed by atoms with Gasteiger partial charge in [-0.15, -0.1) is 0 Å². The van der Waals surface area contributed by atoms with E-state index in [0.29, 0.717) is 6.54 Å². The number of nitrogens with one attached hydrogen (secondary N) is 2. The lowest BCUT2D eigenvalue weighted by Crippen LogP contribution is -2.44. The lowest BCUT2D eigenvalue weighted by molar-refractivity contribution is 0.00428. The summed E-state index contributed by atoms with van der Waals surface area (Å²) in [5.41, 5.74) is 0.0558. The van der Waals surface area contributed by atoms with Crippen LogP contribution in [0.15, 0.2) is 29.2 Å². The predicted octanol–water partition coefficient (Wildman–Crippen LogP) is 0.117. The van der Waals surface area contributed by atoms with Crippen molar-refractivity contribution >= 4 is 16.1 Å². The summed E-state index contributed by atoms with van der Waals surface area (Å²) in [6.07, 6.45) is -2.29. The summed E-state index contributed by atoms with van der Waals surface area (Å²) in [7, 11) is -3.93. The Balaban J connectivity index is 1.69. The molecule has 0 bridgehead atoms. The van der Waals surface area contributed by atoms with Crippen molar-refractivity contribution < 1.29 is 27.4 Å². The number of fused-ring (bicyclic) bond motifs is 1. The van der Waals surface area contributed by atoms with E-state index < -0.39 is 40.5 Å². The molecule has 0 radical (unpaired) electrons. The van der Waals surface area contributed by atoms with E-state index in [9.17, 15) is 13.2 Å². The van der Waals surface area contributed by atoms with E-state index in [4.69, 9.17) is 19.5 Å². The molecular weight excluding hydrogens is 362 g/mol. The molecule has 0 aromatic heterocycles. The van der Waals surface area contributed by atoms with Crippen LogP contribution >= 0.6 is 0 Å². The van der Waals surface area contributed by atoms with Crippen LogP contribution in [0.1, 0.15) is 12.5 Å². The SMILES string of the molecule is CCNC(=O)OC1COC2C(NS(=O)(=O)c3ccccc3C#N)COC12. The minimum absolute atomic E-state index is 0.0558. The standard InChI is InChI=1S/C16H19N3O6S/c1-2-18-16(20)25-12-9-24-14-11(8-23-15(12)14)19-26(21,22)13-6-4-3-5-10(13)7-17/h3-6,11-12,14-15,19H,2,8-9H2,1H3,(H,18,20). The average Bonchev–Trinajstić information content (AvgIpc) is 3.19. The number of ether oxygens (including phenoxy) is 3. The number of hydrogen-bond acceptors (Lipinski definition) is 7. The van der Waals surface area contributed by atoms with Crippen LogP contribution in [0.3, 0.4) is 0 Å². The smallest absolute Gasteiger partial charge is 0.407 e. The van der Waals surface area contributed by atoms with Gasteiger partial charge in [0.1, 0.15) is 18.3 Å². The summed E-state index contributed by atoms with van der Waals surface area (Å²) in [6.45, 7) is 2.41. The first-order chi connectivity index (χ1) is 12.5. The zero-order valence-corrected chi connectivity index (χ0v) is 14.9. The van der Waals surface area contributed by atoms with Crippen molar-refractivity contribution in [3.8, 4) is 6.07 Å². The first-order valence-electron chi connectivity index (χ1n) is 8.15. The number of carbonyl (C=O) groups excluding carboxylic acids is 1. The molecule has 2 heterocycles. The molecule has 4 atom stereocenters. The van der Waals surface area contributed by atoms with Gasteiger partial charge in [0.2, 0.25) is 10.0 Å². The average molecular weight is 381 g/mol. The quantitative estimate of drug-likeness (QED) is 0.741. The molecular formula is C16H19N3O6S. The highest BCUT2D eigenvalue weighted by Gasteiger charge is 2.50. The fourth-order valence-corrected chi connectivity index (χ4v) is 4.43. The Kier molecular flexibility index (Phi) is 5.43. The topological polar surface area (TPSA) is 127 Å². The molecule has 26 heavy (non-hydrogen) atoms. The van der Waals surface area contributed by atoms with Crippen LogP contribution < -0.4 is 10.0 Å². The number of alkyl carbamates (subject to hydrolysis) is 1. The van der Waals surface area contributed by atoms with E-state index in [2.05, 4.69) is 10.0 Å². The van der Waals surface area contributed by atoms with E-state index >= 15 is 0 Å². The number of hydrogen-bond donors (Lipinski definition) is 2. The second-order valence-corrected chi connectivity index (χ2v) is 7.59. The predicted molar refractivity (Wildman–Crippen MR) is 88.7 cm³/mol. The first kappa shape index (κ1) is 18.6. The Bertz CT molecular complexity index is 822. The van der Waals surface area contributed by atoms with Gasteiger partial charge in [0.15, 0.2) is 6.10 Å². The Labute approximate surface area is 151 Å². The summed E-state index contributed by atoms with van der Waals surface area (Å²) < 4.78 is 44.2. The van der Waals surface area contributed by atoms with Gasteiger partial charge < -0.3 is 19.5 Å². The second kappa shape index (κ2) is 7.59. The normalized spacial score (nSPS) is 27.5. The molecule has 140 valence electrons. The highest BCUT2D eigenvalue weighted by atomic mass is 32.2. The highest BCUT2D eigenvalue weighted by molar-refractivity contribution is 7.89. The molecule has 2 fully saturated rings. The van der Waals surface area contributed by atoms with Gasteiger partial charge in [-0.25, -0.2) is 17.9 Å². The summed E-state index contributed by atoms with van der Waals surface area (Å²) in [5.74, 6) is 0. The van der Waals surface area contributed by atoms with E-state index in [1.807, 2.05) is 6.07 Å². The molecule has 3 rings (SSSR count). The van der Waals surface area contributed by atoms with Crippen LogP contribution in [-0.4, -0.2) is 58.6 Å². The van der Waals surface area contributed by atoms with Crippen LogP contribution in [0.2, 0.25) is 0 Å². The van der Waals surface area contributed by atoms with Crippen LogP contribution in [0, 0.1) is 11.3 Å². The third-order valence-electron chi connectivity index (χ3n) is 4.19. The lowest BCUT2D eigenvalue weighted by Gasteiger charge is -2.18. The number of nitriles is 1. The van der Waals surface area contributed by atoms with Crippen LogP contribution in [0.5, 0.6) is 0 Å². The summed E-state index contributed by atoms with van der Waals surface area (Å²) in [6, 6.07) is 7.17. The van der Waals surface area contributed by atoms with Gasteiger partial charge in [-0.3, -0.25) is 0 Å². The maximum Gasteiger partial charge on any atom is 0.407 e. The summed E-state index contributed by atoms with van der Waals surface area (Å²) in [5, 5.41) is 11.6. The molecule has 0 aliphatic carbocycles. The van der Waals surface area contributed by atoms with Gasteiger partial charge >= 0.3 is 6.09 Å². The Morgan fingerprint density at radius 2 is 2.04 bits per heavy atom. The monoisotopic (exact) mass is 381 g/mol.